The molecule has 0 bridgehead atoms. The van der Waals surface area contributed by atoms with Crippen LogP contribution in [-0.4, -0.2) is 11.8 Å². The average molecular weight is 273 g/mol. The van der Waals surface area contributed by atoms with Gasteiger partial charge in [0, 0.05) is 12.5 Å². The fourth-order valence-corrected chi connectivity index (χ4v) is 6.22. The molecule has 2 nitrogen and oxygen atoms in total. The van der Waals surface area contributed by atoms with Crippen molar-refractivity contribution in [3.05, 3.63) is 11.6 Å². The molecular formula is C18H27NO. The molecule has 2 N–H and O–H groups in total. The Kier molecular flexibility index (Phi) is 2.89. The second kappa shape index (κ2) is 4.43. The maximum atomic E-state index is 11.7. The lowest BCUT2D eigenvalue weighted by atomic mass is 9.52. The van der Waals surface area contributed by atoms with E-state index in [1.807, 2.05) is 6.08 Å². The highest BCUT2D eigenvalue weighted by Crippen LogP contribution is 2.61. The molecule has 0 spiro atoms. The summed E-state index contributed by atoms with van der Waals surface area (Å²) in [6, 6.07) is 0.429. The van der Waals surface area contributed by atoms with E-state index >= 15 is 0 Å². The highest BCUT2D eigenvalue weighted by Gasteiger charge is 2.55. The summed E-state index contributed by atoms with van der Waals surface area (Å²) in [5.41, 5.74) is 8.34. The number of rotatable bonds is 0. The van der Waals surface area contributed by atoms with Gasteiger partial charge in [-0.15, -0.1) is 0 Å². The third-order valence-corrected chi connectivity index (χ3v) is 7.37. The van der Waals surface area contributed by atoms with E-state index in [4.69, 9.17) is 5.73 Å². The van der Waals surface area contributed by atoms with Gasteiger partial charge in [-0.3, -0.25) is 4.79 Å². The minimum absolute atomic E-state index is 0.373. The molecule has 2 heteroatoms. The molecule has 3 fully saturated rings. The molecule has 6 atom stereocenters. The van der Waals surface area contributed by atoms with Crippen LogP contribution in [0.2, 0.25) is 0 Å². The lowest BCUT2D eigenvalue weighted by Crippen LogP contribution is -2.49. The van der Waals surface area contributed by atoms with Crippen molar-refractivity contribution >= 4 is 5.78 Å². The Labute approximate surface area is 122 Å². The van der Waals surface area contributed by atoms with E-state index in [9.17, 15) is 4.79 Å². The molecule has 0 saturated heterocycles. The summed E-state index contributed by atoms with van der Waals surface area (Å²) in [5, 5.41) is 0. The first-order valence-corrected chi connectivity index (χ1v) is 8.58. The Morgan fingerprint density at radius 3 is 2.80 bits per heavy atom. The number of nitrogens with two attached hydrogens (primary N) is 1. The summed E-state index contributed by atoms with van der Waals surface area (Å²) in [5.74, 6) is 3.70. The zero-order valence-corrected chi connectivity index (χ0v) is 12.6. The molecule has 4 aliphatic rings. The van der Waals surface area contributed by atoms with Gasteiger partial charge in [0.2, 0.25) is 0 Å². The molecule has 20 heavy (non-hydrogen) atoms. The fraction of sp³-hybridized carbons (Fsp3) is 0.833. The van der Waals surface area contributed by atoms with Crippen LogP contribution < -0.4 is 5.73 Å². The molecule has 6 unspecified atom stereocenters. The van der Waals surface area contributed by atoms with Gasteiger partial charge in [-0.1, -0.05) is 12.5 Å². The molecule has 3 saturated carbocycles. The van der Waals surface area contributed by atoms with E-state index in [0.717, 1.165) is 36.5 Å². The molecule has 0 amide bonds. The molecule has 0 aliphatic heterocycles. The van der Waals surface area contributed by atoms with Gasteiger partial charge in [-0.2, -0.15) is 0 Å². The van der Waals surface area contributed by atoms with E-state index in [1.54, 1.807) is 0 Å². The Morgan fingerprint density at radius 2 is 1.95 bits per heavy atom. The first kappa shape index (κ1) is 13.1. The third-order valence-electron chi connectivity index (χ3n) is 7.37. The molecule has 0 heterocycles. The molecule has 110 valence electrons. The number of hydrogen-bond acceptors (Lipinski definition) is 2. The predicted octanol–water partition coefficient (Wildman–Crippen LogP) is 3.46. The Balaban J connectivity index is 1.63. The van der Waals surface area contributed by atoms with Crippen molar-refractivity contribution in [3.63, 3.8) is 0 Å². The molecular weight excluding hydrogens is 246 g/mol. The summed E-state index contributed by atoms with van der Waals surface area (Å²) in [4.78, 5) is 11.7. The van der Waals surface area contributed by atoms with Crippen LogP contribution >= 0.6 is 0 Å². The summed E-state index contributed by atoms with van der Waals surface area (Å²) < 4.78 is 0. The zero-order valence-electron chi connectivity index (χ0n) is 12.6. The Bertz CT molecular complexity index is 468. The molecule has 0 aromatic heterocycles. The van der Waals surface area contributed by atoms with Crippen molar-refractivity contribution in [1.29, 1.82) is 0 Å². The maximum Gasteiger partial charge on any atom is 0.155 e. The first-order valence-electron chi connectivity index (χ1n) is 8.58. The van der Waals surface area contributed by atoms with Crippen LogP contribution in [0.5, 0.6) is 0 Å². The van der Waals surface area contributed by atoms with Crippen LogP contribution in [-0.2, 0) is 4.79 Å². The maximum absolute atomic E-state index is 11.7. The van der Waals surface area contributed by atoms with Gasteiger partial charge in [0.25, 0.3) is 0 Å². The number of allylic oxidation sites excluding steroid dienone is 1. The number of hydrogen-bond donors (Lipinski definition) is 1. The van der Waals surface area contributed by atoms with Gasteiger partial charge < -0.3 is 5.73 Å². The second-order valence-corrected chi connectivity index (χ2v) is 8.03. The number of carbonyl (C=O) groups excluding carboxylic acids is 1. The quantitative estimate of drug-likeness (QED) is 0.734. The van der Waals surface area contributed by atoms with E-state index in [1.165, 1.54) is 44.1 Å². The molecule has 0 aromatic carbocycles. The van der Waals surface area contributed by atoms with Crippen molar-refractivity contribution in [1.82, 2.24) is 0 Å². The van der Waals surface area contributed by atoms with E-state index in [0.29, 0.717) is 17.2 Å². The van der Waals surface area contributed by atoms with Crippen molar-refractivity contribution in [2.45, 2.75) is 64.3 Å². The van der Waals surface area contributed by atoms with Gasteiger partial charge in [0.15, 0.2) is 5.78 Å². The number of fused-ring (bicyclic) bond motifs is 5. The largest absolute Gasteiger partial charge is 0.327 e. The van der Waals surface area contributed by atoms with Crippen molar-refractivity contribution < 1.29 is 4.79 Å². The average Bonchev–Trinajstić information content (AvgIpc) is 2.74. The number of carbonyl (C=O) groups is 1. The fourth-order valence-electron chi connectivity index (χ4n) is 6.22. The van der Waals surface area contributed by atoms with Gasteiger partial charge in [-0.25, -0.2) is 0 Å². The lowest BCUT2D eigenvalue weighted by Gasteiger charge is -2.53. The number of ketones is 1. The second-order valence-electron chi connectivity index (χ2n) is 8.03. The smallest absolute Gasteiger partial charge is 0.155 e. The van der Waals surface area contributed by atoms with E-state index in [2.05, 4.69) is 6.92 Å². The van der Waals surface area contributed by atoms with Crippen molar-refractivity contribution in [3.8, 4) is 0 Å². The topological polar surface area (TPSA) is 43.1 Å². The van der Waals surface area contributed by atoms with Crippen LogP contribution in [0.4, 0.5) is 0 Å². The molecule has 0 aromatic rings. The Morgan fingerprint density at radius 1 is 1.10 bits per heavy atom. The van der Waals surface area contributed by atoms with E-state index in [-0.39, 0.29) is 0 Å². The molecule has 4 aliphatic carbocycles. The van der Waals surface area contributed by atoms with Gasteiger partial charge >= 0.3 is 0 Å². The summed E-state index contributed by atoms with van der Waals surface area (Å²) in [6.07, 6.45) is 11.7. The van der Waals surface area contributed by atoms with E-state index < -0.39 is 0 Å². The minimum atomic E-state index is 0.373. The van der Waals surface area contributed by atoms with Crippen LogP contribution in [0.15, 0.2) is 11.6 Å². The van der Waals surface area contributed by atoms with Crippen LogP contribution in [0.3, 0.4) is 0 Å². The summed E-state index contributed by atoms with van der Waals surface area (Å²) in [7, 11) is 0. The first-order chi connectivity index (χ1) is 9.59. The van der Waals surface area contributed by atoms with Crippen molar-refractivity contribution in [2.75, 3.05) is 0 Å². The normalized spacial score (nSPS) is 51.0. The molecule has 0 radical (unpaired) electrons. The van der Waals surface area contributed by atoms with Gasteiger partial charge in [-0.05, 0) is 80.1 Å². The summed E-state index contributed by atoms with van der Waals surface area (Å²) in [6.45, 7) is 2.46. The van der Waals surface area contributed by atoms with Gasteiger partial charge in [0.1, 0.15) is 0 Å². The lowest BCUT2D eigenvalue weighted by molar-refractivity contribution is -0.116. The van der Waals surface area contributed by atoms with Crippen molar-refractivity contribution in [2.24, 2.45) is 34.8 Å². The Hall–Kier alpha value is -0.630. The standard InChI is InChI=1S/C18H27NO/c1-18-9-8-14-13-5-3-12(20)10-11(13)2-4-15(14)16(18)6-7-17(18)19/h10,13-17H,2-9,19H2,1H3. The van der Waals surface area contributed by atoms with Crippen LogP contribution in [0.25, 0.3) is 0 Å². The van der Waals surface area contributed by atoms with Crippen LogP contribution in [0.1, 0.15) is 58.3 Å². The van der Waals surface area contributed by atoms with Gasteiger partial charge in [0.05, 0.1) is 0 Å². The predicted molar refractivity (Wildman–Crippen MR) is 80.1 cm³/mol. The highest BCUT2D eigenvalue weighted by molar-refractivity contribution is 5.91. The zero-order chi connectivity index (χ0) is 13.9. The summed E-state index contributed by atoms with van der Waals surface area (Å²) >= 11 is 0. The third kappa shape index (κ3) is 1.70. The van der Waals surface area contributed by atoms with Crippen LogP contribution in [0, 0.1) is 29.1 Å². The molecule has 4 rings (SSSR count). The highest BCUT2D eigenvalue weighted by atomic mass is 16.1. The minimum Gasteiger partial charge on any atom is -0.327 e. The monoisotopic (exact) mass is 273 g/mol. The SMILES string of the molecule is CC12CCC3C4CCC(=O)C=C4CCC3C1CCC2N.